The number of rotatable bonds is 8. The number of aromatic amines is 2. The molecule has 0 radical (unpaired) electrons. The standard InChI is InChI=1S/C31H35FN6O2/c1-18-6-7-23(32)14-21(18)13-19(2)34-25-8-9-33-30(39)28(25)29-35-26-15-22-17-38(12-11-37-10-4-5-20(37)3)31(40)24(22)16-27(26)36-29/h6-9,14-16,19-20H,4-5,10-13,17H2,1-3H3,(H,35,36)(H2,33,34,39). The van der Waals surface area contributed by atoms with Crippen molar-refractivity contribution in [3.8, 4) is 11.4 Å². The molecule has 9 heteroatoms. The van der Waals surface area contributed by atoms with E-state index in [0.717, 1.165) is 35.3 Å². The van der Waals surface area contributed by atoms with Gasteiger partial charge in [-0.2, -0.15) is 0 Å². The highest BCUT2D eigenvalue weighted by Gasteiger charge is 2.30. The number of aryl methyl sites for hydroxylation is 1. The third kappa shape index (κ3) is 5.01. The lowest BCUT2D eigenvalue weighted by molar-refractivity contribution is 0.0756. The lowest BCUT2D eigenvalue weighted by Gasteiger charge is -2.24. The van der Waals surface area contributed by atoms with E-state index >= 15 is 0 Å². The van der Waals surface area contributed by atoms with E-state index in [2.05, 4.69) is 27.1 Å². The fourth-order valence-corrected chi connectivity index (χ4v) is 6.09. The van der Waals surface area contributed by atoms with Gasteiger partial charge in [-0.15, -0.1) is 0 Å². The average Bonchev–Trinajstić information content (AvgIpc) is 3.60. The minimum Gasteiger partial charge on any atom is -0.381 e. The Bertz CT molecular complexity index is 1640. The normalized spacial score (nSPS) is 18.1. The van der Waals surface area contributed by atoms with Crippen LogP contribution in [0.2, 0.25) is 0 Å². The van der Waals surface area contributed by atoms with E-state index in [0.29, 0.717) is 53.7 Å². The summed E-state index contributed by atoms with van der Waals surface area (Å²) in [5.74, 6) is 0.209. The molecule has 4 aromatic rings. The zero-order chi connectivity index (χ0) is 28.0. The quantitative estimate of drug-likeness (QED) is 0.296. The lowest BCUT2D eigenvalue weighted by atomic mass is 10.0. The highest BCUT2D eigenvalue weighted by Crippen LogP contribution is 2.30. The number of benzene rings is 2. The van der Waals surface area contributed by atoms with Gasteiger partial charge in [-0.25, -0.2) is 9.37 Å². The second kappa shape index (κ2) is 10.5. The highest BCUT2D eigenvalue weighted by molar-refractivity contribution is 6.02. The summed E-state index contributed by atoms with van der Waals surface area (Å²) in [5.41, 5.74) is 5.78. The van der Waals surface area contributed by atoms with Crippen molar-refractivity contribution in [1.82, 2.24) is 24.8 Å². The number of carbonyl (C=O) groups excluding carboxylic acids is 1. The van der Waals surface area contributed by atoms with Gasteiger partial charge in [-0.1, -0.05) is 6.07 Å². The van der Waals surface area contributed by atoms with Gasteiger partial charge >= 0.3 is 0 Å². The van der Waals surface area contributed by atoms with Crippen LogP contribution in [-0.2, 0) is 13.0 Å². The predicted molar refractivity (Wildman–Crippen MR) is 155 cm³/mol. The van der Waals surface area contributed by atoms with Gasteiger partial charge in [-0.05, 0) is 93.6 Å². The molecule has 2 atom stereocenters. The van der Waals surface area contributed by atoms with E-state index in [-0.39, 0.29) is 23.3 Å². The number of hydrogen-bond acceptors (Lipinski definition) is 5. The number of fused-ring (bicyclic) bond motifs is 2. The number of imidazole rings is 1. The first kappa shape index (κ1) is 26.3. The van der Waals surface area contributed by atoms with Crippen LogP contribution in [0.1, 0.15) is 53.7 Å². The second-order valence-electron chi connectivity index (χ2n) is 11.3. The fraction of sp³-hybridized carbons (Fsp3) is 0.387. The maximum absolute atomic E-state index is 13.8. The minimum absolute atomic E-state index is 0.0367. The van der Waals surface area contributed by atoms with Crippen molar-refractivity contribution >= 4 is 22.6 Å². The summed E-state index contributed by atoms with van der Waals surface area (Å²) in [6, 6.07) is 10.9. The van der Waals surface area contributed by atoms with Gasteiger partial charge in [0.2, 0.25) is 0 Å². The van der Waals surface area contributed by atoms with Crippen LogP contribution in [0.15, 0.2) is 47.4 Å². The molecule has 1 saturated heterocycles. The maximum atomic E-state index is 13.8. The first-order chi connectivity index (χ1) is 19.3. The zero-order valence-electron chi connectivity index (χ0n) is 23.2. The Balaban J connectivity index is 1.23. The van der Waals surface area contributed by atoms with E-state index in [1.165, 1.54) is 18.9 Å². The number of aromatic nitrogens is 3. The molecule has 40 heavy (non-hydrogen) atoms. The number of nitrogens with one attached hydrogen (secondary N) is 3. The predicted octanol–water partition coefficient (Wildman–Crippen LogP) is 4.85. The first-order valence-corrected chi connectivity index (χ1v) is 14.1. The summed E-state index contributed by atoms with van der Waals surface area (Å²) < 4.78 is 13.8. The fourth-order valence-electron chi connectivity index (χ4n) is 6.09. The SMILES string of the molecule is Cc1ccc(F)cc1CC(C)Nc1cc[nH]c(=O)c1-c1nc2cc3c(cc2[nH]1)CN(CCN1CCCC1C)C3=O. The molecule has 0 saturated carbocycles. The van der Waals surface area contributed by atoms with Crippen LogP contribution in [0, 0.1) is 12.7 Å². The molecule has 2 aromatic heterocycles. The largest absolute Gasteiger partial charge is 0.381 e. The summed E-state index contributed by atoms with van der Waals surface area (Å²) in [5, 5.41) is 3.42. The van der Waals surface area contributed by atoms with Crippen LogP contribution in [0.25, 0.3) is 22.4 Å². The van der Waals surface area contributed by atoms with Gasteiger partial charge in [0.15, 0.2) is 0 Å². The van der Waals surface area contributed by atoms with Crippen LogP contribution in [0.4, 0.5) is 10.1 Å². The van der Waals surface area contributed by atoms with E-state index in [4.69, 9.17) is 4.98 Å². The molecule has 0 spiro atoms. The summed E-state index contributed by atoms with van der Waals surface area (Å²) in [6.45, 7) is 9.51. The number of pyridine rings is 1. The van der Waals surface area contributed by atoms with Crippen LogP contribution >= 0.6 is 0 Å². The molecule has 1 fully saturated rings. The Morgan fingerprint density at radius 2 is 2.02 bits per heavy atom. The van der Waals surface area contributed by atoms with E-state index in [9.17, 15) is 14.0 Å². The number of anilines is 1. The number of halogens is 1. The van der Waals surface area contributed by atoms with Gasteiger partial charge in [-0.3, -0.25) is 14.5 Å². The Labute approximate surface area is 232 Å². The third-order valence-corrected chi connectivity index (χ3v) is 8.37. The molecule has 2 aliphatic heterocycles. The summed E-state index contributed by atoms with van der Waals surface area (Å²) in [6.07, 6.45) is 4.64. The molecular weight excluding hydrogens is 507 g/mol. The van der Waals surface area contributed by atoms with Crippen molar-refractivity contribution in [3.63, 3.8) is 0 Å². The molecule has 1 amide bonds. The smallest absolute Gasteiger partial charge is 0.261 e. The molecule has 3 N–H and O–H groups in total. The maximum Gasteiger partial charge on any atom is 0.261 e. The van der Waals surface area contributed by atoms with Crippen molar-refractivity contribution in [3.05, 3.63) is 81.0 Å². The summed E-state index contributed by atoms with van der Waals surface area (Å²) in [4.78, 5) is 41.4. The Morgan fingerprint density at radius 3 is 2.83 bits per heavy atom. The van der Waals surface area contributed by atoms with Crippen LogP contribution in [-0.4, -0.2) is 62.4 Å². The molecule has 208 valence electrons. The monoisotopic (exact) mass is 542 g/mol. The number of carbonyl (C=O) groups is 1. The molecule has 0 aliphatic carbocycles. The van der Waals surface area contributed by atoms with Gasteiger partial charge < -0.3 is 20.2 Å². The Hall–Kier alpha value is -3.98. The number of likely N-dealkylation sites (tertiary alicyclic amines) is 1. The van der Waals surface area contributed by atoms with Crippen molar-refractivity contribution in [2.24, 2.45) is 0 Å². The molecule has 2 aromatic carbocycles. The molecule has 2 aliphatic rings. The Morgan fingerprint density at radius 1 is 1.18 bits per heavy atom. The van der Waals surface area contributed by atoms with Gasteiger partial charge in [0.05, 0.1) is 16.7 Å². The van der Waals surface area contributed by atoms with E-state index in [1.807, 2.05) is 36.9 Å². The number of amides is 1. The van der Waals surface area contributed by atoms with Gasteiger partial charge in [0.1, 0.15) is 17.2 Å². The van der Waals surface area contributed by atoms with Gasteiger partial charge in [0, 0.05) is 43.5 Å². The van der Waals surface area contributed by atoms with Crippen LogP contribution in [0.5, 0.6) is 0 Å². The third-order valence-electron chi connectivity index (χ3n) is 8.37. The molecule has 0 bridgehead atoms. The van der Waals surface area contributed by atoms with Gasteiger partial charge in [0.25, 0.3) is 11.5 Å². The van der Waals surface area contributed by atoms with E-state index in [1.54, 1.807) is 18.3 Å². The number of H-pyrrole nitrogens is 2. The zero-order valence-corrected chi connectivity index (χ0v) is 23.2. The molecule has 6 rings (SSSR count). The molecular formula is C31H35FN6O2. The van der Waals surface area contributed by atoms with E-state index < -0.39 is 0 Å². The first-order valence-electron chi connectivity index (χ1n) is 14.1. The average molecular weight is 543 g/mol. The van der Waals surface area contributed by atoms with Crippen LogP contribution in [0.3, 0.4) is 0 Å². The van der Waals surface area contributed by atoms with Crippen molar-refractivity contribution in [1.29, 1.82) is 0 Å². The summed E-state index contributed by atoms with van der Waals surface area (Å²) >= 11 is 0. The van der Waals surface area contributed by atoms with Crippen LogP contribution < -0.4 is 10.9 Å². The lowest BCUT2D eigenvalue weighted by Crippen LogP contribution is -2.36. The molecule has 4 heterocycles. The second-order valence-corrected chi connectivity index (χ2v) is 11.3. The Kier molecular flexibility index (Phi) is 6.92. The van der Waals surface area contributed by atoms with Crippen molar-refractivity contribution in [2.75, 3.05) is 25.0 Å². The molecule has 2 unspecified atom stereocenters. The number of nitrogens with zero attached hydrogens (tertiary/aromatic N) is 3. The summed E-state index contributed by atoms with van der Waals surface area (Å²) in [7, 11) is 0. The number of hydrogen-bond donors (Lipinski definition) is 3. The van der Waals surface area contributed by atoms with Crippen molar-refractivity contribution in [2.45, 2.75) is 58.7 Å². The van der Waals surface area contributed by atoms with Crippen molar-refractivity contribution < 1.29 is 9.18 Å². The topological polar surface area (TPSA) is 97.1 Å². The minimum atomic E-state index is -0.274. The molecule has 8 nitrogen and oxygen atoms in total. The highest BCUT2D eigenvalue weighted by atomic mass is 19.1.